The molecule has 1 unspecified atom stereocenters. The SMILES string of the molecule is Nc1cccc(Cl)c1S(=O)Cc1cc(Cl)ccc1[N+](=O)[O-]. The first-order valence-electron chi connectivity index (χ1n) is 5.75. The lowest BCUT2D eigenvalue weighted by atomic mass is 10.2. The summed E-state index contributed by atoms with van der Waals surface area (Å²) in [5.74, 6) is -0.0925. The number of hydrogen-bond donors (Lipinski definition) is 1. The molecule has 110 valence electrons. The van der Waals surface area contributed by atoms with Crippen LogP contribution in [-0.4, -0.2) is 9.13 Å². The van der Waals surface area contributed by atoms with Crippen molar-refractivity contribution >= 4 is 45.4 Å². The van der Waals surface area contributed by atoms with Gasteiger partial charge < -0.3 is 5.73 Å². The van der Waals surface area contributed by atoms with E-state index in [9.17, 15) is 14.3 Å². The van der Waals surface area contributed by atoms with Crippen molar-refractivity contribution in [3.63, 3.8) is 0 Å². The number of hydrogen-bond acceptors (Lipinski definition) is 4. The van der Waals surface area contributed by atoms with Crippen LogP contribution in [0.5, 0.6) is 0 Å². The first-order valence-corrected chi connectivity index (χ1v) is 7.83. The predicted octanol–water partition coefficient (Wildman–Crippen LogP) is 3.79. The van der Waals surface area contributed by atoms with E-state index in [1.165, 1.54) is 18.2 Å². The summed E-state index contributed by atoms with van der Waals surface area (Å²) in [6, 6.07) is 8.90. The molecule has 1 atom stereocenters. The summed E-state index contributed by atoms with van der Waals surface area (Å²) < 4.78 is 12.4. The summed E-state index contributed by atoms with van der Waals surface area (Å²) in [6.07, 6.45) is 0. The Kier molecular flexibility index (Phi) is 4.82. The number of nitro benzene ring substituents is 1. The van der Waals surface area contributed by atoms with Crippen molar-refractivity contribution in [1.29, 1.82) is 0 Å². The lowest BCUT2D eigenvalue weighted by Gasteiger charge is -2.08. The highest BCUT2D eigenvalue weighted by Gasteiger charge is 2.19. The van der Waals surface area contributed by atoms with Crippen molar-refractivity contribution in [2.75, 3.05) is 5.73 Å². The summed E-state index contributed by atoms with van der Waals surface area (Å²) in [5, 5.41) is 11.6. The molecule has 0 fully saturated rings. The van der Waals surface area contributed by atoms with Gasteiger partial charge in [0.25, 0.3) is 5.69 Å². The van der Waals surface area contributed by atoms with Crippen LogP contribution in [0.1, 0.15) is 5.56 Å². The quantitative estimate of drug-likeness (QED) is 0.519. The highest BCUT2D eigenvalue weighted by atomic mass is 35.5. The molecule has 0 aromatic heterocycles. The molecule has 0 amide bonds. The Hall–Kier alpha value is -1.63. The second kappa shape index (κ2) is 6.43. The summed E-state index contributed by atoms with van der Waals surface area (Å²) in [7, 11) is -1.61. The fraction of sp³-hybridized carbons (Fsp3) is 0.0769. The first kappa shape index (κ1) is 15.8. The van der Waals surface area contributed by atoms with Crippen LogP contribution >= 0.6 is 23.2 Å². The van der Waals surface area contributed by atoms with Crippen LogP contribution in [0.4, 0.5) is 11.4 Å². The highest BCUT2D eigenvalue weighted by molar-refractivity contribution is 7.84. The number of halogens is 2. The largest absolute Gasteiger partial charge is 0.398 e. The van der Waals surface area contributed by atoms with E-state index in [1.807, 2.05) is 0 Å². The van der Waals surface area contributed by atoms with Gasteiger partial charge in [-0.1, -0.05) is 29.3 Å². The molecule has 0 aliphatic rings. The summed E-state index contributed by atoms with van der Waals surface area (Å²) in [6.45, 7) is 0. The van der Waals surface area contributed by atoms with Gasteiger partial charge in [0.05, 0.1) is 31.4 Å². The van der Waals surface area contributed by atoms with E-state index in [-0.39, 0.29) is 32.6 Å². The van der Waals surface area contributed by atoms with E-state index in [0.717, 1.165) is 0 Å². The van der Waals surface area contributed by atoms with Gasteiger partial charge in [0.1, 0.15) is 0 Å². The molecule has 2 N–H and O–H groups in total. The van der Waals surface area contributed by atoms with Crippen molar-refractivity contribution in [2.24, 2.45) is 0 Å². The van der Waals surface area contributed by atoms with E-state index in [2.05, 4.69) is 0 Å². The highest BCUT2D eigenvalue weighted by Crippen LogP contribution is 2.30. The monoisotopic (exact) mass is 344 g/mol. The van der Waals surface area contributed by atoms with Gasteiger partial charge in [-0.3, -0.25) is 14.3 Å². The molecule has 2 aromatic carbocycles. The molecule has 0 heterocycles. The standard InChI is InChI=1S/C13H10Cl2N2O3S/c14-9-4-5-12(17(18)19)8(6-9)7-21(20)13-10(15)2-1-3-11(13)16/h1-6H,7,16H2. The molecule has 0 bridgehead atoms. The topological polar surface area (TPSA) is 86.2 Å². The number of benzene rings is 2. The van der Waals surface area contributed by atoms with Gasteiger partial charge in [0, 0.05) is 22.3 Å². The molecular weight excluding hydrogens is 335 g/mol. The fourth-order valence-electron chi connectivity index (χ4n) is 1.83. The maximum absolute atomic E-state index is 12.4. The van der Waals surface area contributed by atoms with E-state index >= 15 is 0 Å². The molecule has 5 nitrogen and oxygen atoms in total. The van der Waals surface area contributed by atoms with E-state index < -0.39 is 15.7 Å². The third-order valence-corrected chi connectivity index (χ3v) is 4.90. The average Bonchev–Trinajstić information content (AvgIpc) is 2.38. The van der Waals surface area contributed by atoms with Crippen LogP contribution < -0.4 is 5.73 Å². The Morgan fingerprint density at radius 3 is 2.57 bits per heavy atom. The van der Waals surface area contributed by atoms with E-state index in [4.69, 9.17) is 28.9 Å². The molecule has 0 aliphatic heterocycles. The van der Waals surface area contributed by atoms with Crippen LogP contribution in [-0.2, 0) is 16.6 Å². The summed E-state index contributed by atoms with van der Waals surface area (Å²) in [5.41, 5.74) is 6.18. The molecule has 2 rings (SSSR count). The normalized spacial score (nSPS) is 12.1. The Labute approximate surface area is 133 Å². The Morgan fingerprint density at radius 1 is 1.24 bits per heavy atom. The minimum Gasteiger partial charge on any atom is -0.398 e. The number of nitrogen functional groups attached to an aromatic ring is 1. The summed E-state index contributed by atoms with van der Waals surface area (Å²) >= 11 is 11.8. The lowest BCUT2D eigenvalue weighted by molar-refractivity contribution is -0.385. The zero-order valence-corrected chi connectivity index (χ0v) is 12.9. The number of rotatable bonds is 4. The third-order valence-electron chi connectivity index (χ3n) is 2.75. The fourth-order valence-corrected chi connectivity index (χ4v) is 3.74. The second-order valence-corrected chi connectivity index (χ2v) is 6.41. The maximum atomic E-state index is 12.4. The molecule has 21 heavy (non-hydrogen) atoms. The van der Waals surface area contributed by atoms with Gasteiger partial charge in [-0.25, -0.2) is 0 Å². The van der Waals surface area contributed by atoms with Crippen molar-refractivity contribution < 1.29 is 9.13 Å². The third kappa shape index (κ3) is 3.53. The van der Waals surface area contributed by atoms with Gasteiger partial charge in [-0.15, -0.1) is 0 Å². The predicted molar refractivity (Wildman–Crippen MR) is 84.1 cm³/mol. The van der Waals surface area contributed by atoms with Gasteiger partial charge >= 0.3 is 0 Å². The van der Waals surface area contributed by atoms with Crippen molar-refractivity contribution in [3.8, 4) is 0 Å². The lowest BCUT2D eigenvalue weighted by Crippen LogP contribution is -2.04. The van der Waals surface area contributed by atoms with Crippen molar-refractivity contribution in [3.05, 3.63) is 62.1 Å². The van der Waals surface area contributed by atoms with E-state index in [0.29, 0.717) is 5.02 Å². The van der Waals surface area contributed by atoms with Crippen LogP contribution in [0.15, 0.2) is 41.3 Å². The van der Waals surface area contributed by atoms with Gasteiger partial charge in [-0.2, -0.15) is 0 Å². The van der Waals surface area contributed by atoms with Crippen LogP contribution in [0.3, 0.4) is 0 Å². The average molecular weight is 345 g/mol. The van der Waals surface area contributed by atoms with E-state index in [1.54, 1.807) is 18.2 Å². The molecule has 0 saturated heterocycles. The second-order valence-electron chi connectivity index (χ2n) is 4.18. The number of anilines is 1. The molecule has 0 saturated carbocycles. The zero-order valence-electron chi connectivity index (χ0n) is 10.6. The minimum atomic E-state index is -1.61. The minimum absolute atomic E-state index is 0.0925. The number of nitrogens with zero attached hydrogens (tertiary/aromatic N) is 1. The maximum Gasteiger partial charge on any atom is 0.273 e. The zero-order chi connectivity index (χ0) is 15.6. The molecule has 2 aromatic rings. The van der Waals surface area contributed by atoms with Gasteiger partial charge in [0.2, 0.25) is 0 Å². The van der Waals surface area contributed by atoms with Crippen molar-refractivity contribution in [1.82, 2.24) is 0 Å². The van der Waals surface area contributed by atoms with Gasteiger partial charge in [-0.05, 0) is 24.3 Å². The smallest absolute Gasteiger partial charge is 0.273 e. The first-order chi connectivity index (χ1) is 9.90. The molecule has 0 spiro atoms. The Morgan fingerprint density at radius 2 is 1.95 bits per heavy atom. The van der Waals surface area contributed by atoms with Crippen molar-refractivity contribution in [2.45, 2.75) is 10.6 Å². The Balaban J connectivity index is 2.40. The van der Waals surface area contributed by atoms with Crippen LogP contribution in [0.25, 0.3) is 0 Å². The summed E-state index contributed by atoms with van der Waals surface area (Å²) in [4.78, 5) is 10.7. The van der Waals surface area contributed by atoms with Crippen LogP contribution in [0, 0.1) is 10.1 Å². The molecule has 8 heteroatoms. The molecule has 0 aliphatic carbocycles. The number of nitro groups is 1. The molecule has 0 radical (unpaired) electrons. The number of nitrogens with two attached hydrogens (primary N) is 1. The van der Waals surface area contributed by atoms with Gasteiger partial charge in [0.15, 0.2) is 0 Å². The molecular formula is C13H10Cl2N2O3S. The van der Waals surface area contributed by atoms with Crippen LogP contribution in [0.2, 0.25) is 10.0 Å². The Bertz CT molecular complexity index is 717.